The fourth-order valence-electron chi connectivity index (χ4n) is 2.15. The minimum Gasteiger partial charge on any atom is -0.423 e. The van der Waals surface area contributed by atoms with Crippen LogP contribution in [-0.4, -0.2) is 45.4 Å². The molecule has 24 heavy (non-hydrogen) atoms. The van der Waals surface area contributed by atoms with E-state index < -0.39 is 23.8 Å². The lowest BCUT2D eigenvalue weighted by Gasteiger charge is -2.30. The molecule has 134 valence electrons. The number of non-ortho nitro benzene ring substituents is 1. The van der Waals surface area contributed by atoms with Gasteiger partial charge in [-0.3, -0.25) is 15.4 Å². The van der Waals surface area contributed by atoms with Gasteiger partial charge < -0.3 is 19.9 Å². The Balaban J connectivity index is 2.89. The molecular weight excluding hydrogens is 315 g/mol. The van der Waals surface area contributed by atoms with Gasteiger partial charge in [-0.1, -0.05) is 6.07 Å². The maximum atomic E-state index is 11.0. The number of nitro benzene ring substituents is 1. The molecule has 0 bridgehead atoms. The molecule has 0 spiro atoms. The predicted octanol–water partition coefficient (Wildman–Crippen LogP) is 0.449. The SMILES string of the molecule is CC(C)OCCC(C)(C)NC(O)c1cc(B(O)O)cc([N+](=O)[O-])c1. The third-order valence-corrected chi connectivity index (χ3v) is 3.49. The molecule has 0 aliphatic rings. The molecule has 0 amide bonds. The van der Waals surface area contributed by atoms with Crippen LogP contribution in [0.4, 0.5) is 5.69 Å². The Labute approximate surface area is 141 Å². The third-order valence-electron chi connectivity index (χ3n) is 3.49. The first kappa shape index (κ1) is 20.5. The van der Waals surface area contributed by atoms with Crippen LogP contribution >= 0.6 is 0 Å². The van der Waals surface area contributed by atoms with Crippen LogP contribution in [0.2, 0.25) is 0 Å². The summed E-state index contributed by atoms with van der Waals surface area (Å²) in [6.45, 7) is 8.11. The van der Waals surface area contributed by atoms with Crippen LogP contribution in [0.3, 0.4) is 0 Å². The highest BCUT2D eigenvalue weighted by Gasteiger charge is 2.25. The van der Waals surface area contributed by atoms with Gasteiger partial charge in [0.2, 0.25) is 0 Å². The Morgan fingerprint density at radius 3 is 2.46 bits per heavy atom. The zero-order chi connectivity index (χ0) is 18.5. The standard InChI is InChI=1S/C15H25BN2O6/c1-10(2)24-6-5-15(3,4)17-14(19)11-7-12(16(20)21)9-13(8-11)18(22)23/h7-10,14,17,19-21H,5-6H2,1-4H3. The molecule has 0 fully saturated rings. The summed E-state index contributed by atoms with van der Waals surface area (Å²) in [5, 5.41) is 42.8. The second-order valence-corrected chi connectivity index (χ2v) is 6.59. The van der Waals surface area contributed by atoms with Crippen LogP contribution in [0.1, 0.15) is 45.9 Å². The van der Waals surface area contributed by atoms with Crippen molar-refractivity contribution in [2.75, 3.05) is 6.61 Å². The van der Waals surface area contributed by atoms with E-state index in [1.54, 1.807) is 0 Å². The van der Waals surface area contributed by atoms with E-state index in [1.807, 2.05) is 27.7 Å². The molecule has 1 rings (SSSR count). The van der Waals surface area contributed by atoms with Gasteiger partial charge in [-0.2, -0.15) is 0 Å². The number of rotatable bonds is 9. The number of hydrogen-bond donors (Lipinski definition) is 4. The summed E-state index contributed by atoms with van der Waals surface area (Å²) in [4.78, 5) is 10.3. The van der Waals surface area contributed by atoms with Crippen LogP contribution in [0.25, 0.3) is 0 Å². The zero-order valence-corrected chi connectivity index (χ0v) is 14.4. The van der Waals surface area contributed by atoms with E-state index in [2.05, 4.69) is 5.32 Å². The Hall–Kier alpha value is -1.52. The Bertz CT molecular complexity index is 565. The normalized spacial score (nSPS) is 13.2. The molecule has 0 saturated heterocycles. The van der Waals surface area contributed by atoms with Crippen molar-refractivity contribution in [2.45, 2.75) is 52.0 Å². The Morgan fingerprint density at radius 1 is 1.33 bits per heavy atom. The molecule has 1 aromatic rings. The highest BCUT2D eigenvalue weighted by atomic mass is 16.6. The molecule has 0 heterocycles. The number of nitrogens with one attached hydrogen (secondary N) is 1. The zero-order valence-electron chi connectivity index (χ0n) is 14.4. The molecule has 0 saturated carbocycles. The van der Waals surface area contributed by atoms with E-state index in [1.165, 1.54) is 12.1 Å². The van der Waals surface area contributed by atoms with E-state index in [0.717, 1.165) is 6.07 Å². The average molecular weight is 340 g/mol. The summed E-state index contributed by atoms with van der Waals surface area (Å²) < 4.78 is 5.49. The van der Waals surface area contributed by atoms with Crippen LogP contribution < -0.4 is 10.8 Å². The second-order valence-electron chi connectivity index (χ2n) is 6.59. The molecule has 0 aliphatic carbocycles. The van der Waals surface area contributed by atoms with Gasteiger partial charge >= 0.3 is 7.12 Å². The van der Waals surface area contributed by atoms with Crippen LogP contribution in [0.15, 0.2) is 18.2 Å². The molecule has 0 aromatic heterocycles. The molecule has 0 radical (unpaired) electrons. The Morgan fingerprint density at radius 2 is 1.96 bits per heavy atom. The maximum absolute atomic E-state index is 11.0. The first-order chi connectivity index (χ1) is 11.0. The van der Waals surface area contributed by atoms with Gasteiger partial charge in [-0.25, -0.2) is 0 Å². The topological polar surface area (TPSA) is 125 Å². The van der Waals surface area contributed by atoms with Crippen molar-refractivity contribution in [1.29, 1.82) is 0 Å². The number of nitrogens with zero attached hydrogens (tertiary/aromatic N) is 1. The van der Waals surface area contributed by atoms with E-state index in [0.29, 0.717) is 13.0 Å². The number of benzene rings is 1. The van der Waals surface area contributed by atoms with Crippen LogP contribution in [0, 0.1) is 10.1 Å². The fourth-order valence-corrected chi connectivity index (χ4v) is 2.15. The molecule has 1 unspecified atom stereocenters. The van der Waals surface area contributed by atoms with Gasteiger partial charge in [0, 0.05) is 29.8 Å². The predicted molar refractivity (Wildman–Crippen MR) is 90.8 cm³/mol. The number of aliphatic hydroxyl groups excluding tert-OH is 1. The molecular formula is C15H25BN2O6. The molecule has 8 nitrogen and oxygen atoms in total. The molecule has 1 atom stereocenters. The number of hydrogen-bond acceptors (Lipinski definition) is 7. The van der Waals surface area contributed by atoms with Crippen molar-refractivity contribution in [3.8, 4) is 0 Å². The number of ether oxygens (including phenoxy) is 1. The van der Waals surface area contributed by atoms with Crippen molar-refractivity contribution < 1.29 is 24.8 Å². The fraction of sp³-hybridized carbons (Fsp3) is 0.600. The smallest absolute Gasteiger partial charge is 0.423 e. The summed E-state index contributed by atoms with van der Waals surface area (Å²) in [6.07, 6.45) is -0.473. The Kier molecular flexibility index (Phi) is 7.31. The van der Waals surface area contributed by atoms with Crippen molar-refractivity contribution >= 4 is 18.3 Å². The molecule has 4 N–H and O–H groups in total. The first-order valence-corrected chi connectivity index (χ1v) is 7.74. The monoisotopic (exact) mass is 340 g/mol. The van der Waals surface area contributed by atoms with Gasteiger partial charge in [0.25, 0.3) is 5.69 Å². The first-order valence-electron chi connectivity index (χ1n) is 7.74. The third kappa shape index (κ3) is 6.54. The quantitative estimate of drug-likeness (QED) is 0.223. The molecule has 0 aliphatic heterocycles. The van der Waals surface area contributed by atoms with E-state index >= 15 is 0 Å². The highest BCUT2D eigenvalue weighted by Crippen LogP contribution is 2.20. The highest BCUT2D eigenvalue weighted by molar-refractivity contribution is 6.58. The summed E-state index contributed by atoms with van der Waals surface area (Å²) in [6, 6.07) is 3.57. The second kappa shape index (κ2) is 8.54. The van der Waals surface area contributed by atoms with Gasteiger partial charge in [0.15, 0.2) is 0 Å². The average Bonchev–Trinajstić information content (AvgIpc) is 2.45. The summed E-state index contributed by atoms with van der Waals surface area (Å²) in [7, 11) is -1.86. The minimum atomic E-state index is -1.86. The summed E-state index contributed by atoms with van der Waals surface area (Å²) >= 11 is 0. The van der Waals surface area contributed by atoms with Crippen LogP contribution in [0.5, 0.6) is 0 Å². The van der Waals surface area contributed by atoms with Gasteiger partial charge in [-0.15, -0.1) is 0 Å². The van der Waals surface area contributed by atoms with Crippen molar-refractivity contribution in [1.82, 2.24) is 5.32 Å². The lowest BCUT2D eigenvalue weighted by atomic mass is 9.79. The van der Waals surface area contributed by atoms with E-state index in [-0.39, 0.29) is 22.8 Å². The maximum Gasteiger partial charge on any atom is 0.488 e. The summed E-state index contributed by atoms with van der Waals surface area (Å²) in [5.74, 6) is 0. The number of aliphatic hydroxyl groups is 1. The van der Waals surface area contributed by atoms with E-state index in [9.17, 15) is 25.3 Å². The molecule has 1 aromatic carbocycles. The molecule has 9 heteroatoms. The largest absolute Gasteiger partial charge is 0.488 e. The van der Waals surface area contributed by atoms with Crippen molar-refractivity contribution in [2.24, 2.45) is 0 Å². The van der Waals surface area contributed by atoms with E-state index in [4.69, 9.17) is 4.74 Å². The number of nitro groups is 1. The minimum absolute atomic E-state index is 0.0546. The van der Waals surface area contributed by atoms with Crippen molar-refractivity contribution in [3.63, 3.8) is 0 Å². The van der Waals surface area contributed by atoms with Crippen LogP contribution in [-0.2, 0) is 4.74 Å². The van der Waals surface area contributed by atoms with Crippen molar-refractivity contribution in [3.05, 3.63) is 33.9 Å². The van der Waals surface area contributed by atoms with Gasteiger partial charge in [0.05, 0.1) is 11.0 Å². The lowest BCUT2D eigenvalue weighted by Crippen LogP contribution is -2.43. The lowest BCUT2D eigenvalue weighted by molar-refractivity contribution is -0.384. The summed E-state index contributed by atoms with van der Waals surface area (Å²) in [5.41, 5.74) is -0.680. The van der Waals surface area contributed by atoms with Gasteiger partial charge in [0.1, 0.15) is 6.23 Å². The van der Waals surface area contributed by atoms with Gasteiger partial charge in [-0.05, 0) is 39.6 Å².